The fourth-order valence-electron chi connectivity index (χ4n) is 2.71. The Balaban J connectivity index is 2.05. The Hall–Kier alpha value is -0.610. The molecule has 0 N–H and O–H groups in total. The summed E-state index contributed by atoms with van der Waals surface area (Å²) in [4.78, 5) is 16.8. The largest absolute Gasteiger partial charge is 0.308 e. The molecule has 0 bridgehead atoms. The van der Waals surface area contributed by atoms with Crippen molar-refractivity contribution in [3.8, 4) is 0 Å². The Bertz CT molecular complexity index is 491. The maximum Gasteiger partial charge on any atom is 0.178 e. The predicted octanol–water partition coefficient (Wildman–Crippen LogP) is 3.20. The van der Waals surface area contributed by atoms with E-state index in [1.807, 2.05) is 0 Å². The van der Waals surface area contributed by atoms with Gasteiger partial charge < -0.3 is 4.90 Å². The van der Waals surface area contributed by atoms with E-state index in [2.05, 4.69) is 23.9 Å². The molecule has 5 heteroatoms. The number of benzene rings is 1. The topological polar surface area (TPSA) is 23.6 Å². The van der Waals surface area contributed by atoms with Crippen LogP contribution in [-0.4, -0.2) is 55.4 Å². The van der Waals surface area contributed by atoms with E-state index < -0.39 is 0 Å². The summed E-state index contributed by atoms with van der Waals surface area (Å²) in [6.45, 7) is 2.37. The second kappa shape index (κ2) is 6.90. The molecule has 3 nitrogen and oxygen atoms in total. The van der Waals surface area contributed by atoms with Crippen LogP contribution in [0.3, 0.4) is 0 Å². The normalized spacial score (nSPS) is 19.8. The minimum absolute atomic E-state index is 0.0446. The van der Waals surface area contributed by atoms with Crippen molar-refractivity contribution >= 4 is 29.0 Å². The number of Topliss-reactive ketones (excluding diaryl/α,β-unsaturated/α-hetero) is 1. The first-order valence-electron chi connectivity index (χ1n) is 6.84. The van der Waals surface area contributed by atoms with Gasteiger partial charge in [0.25, 0.3) is 0 Å². The van der Waals surface area contributed by atoms with Crippen LogP contribution in [0.1, 0.15) is 23.2 Å². The molecule has 0 aliphatic carbocycles. The number of ketones is 1. The molecule has 1 aromatic carbocycles. The summed E-state index contributed by atoms with van der Waals surface area (Å²) in [7, 11) is 4.12. The van der Waals surface area contributed by atoms with Crippen LogP contribution in [0, 0.1) is 0 Å². The molecule has 0 amide bonds. The molecule has 1 aromatic rings. The number of carbonyl (C=O) groups is 1. The maximum atomic E-state index is 12.4. The lowest BCUT2D eigenvalue weighted by molar-refractivity contribution is 0.0910. The van der Waals surface area contributed by atoms with Gasteiger partial charge >= 0.3 is 0 Å². The highest BCUT2D eigenvalue weighted by Crippen LogP contribution is 2.23. The second-order valence-corrected chi connectivity index (χ2v) is 6.42. The van der Waals surface area contributed by atoms with Gasteiger partial charge in [-0.15, -0.1) is 0 Å². The molecular weight excluding hydrogens is 295 g/mol. The van der Waals surface area contributed by atoms with Gasteiger partial charge in [0.05, 0.1) is 11.6 Å². The summed E-state index contributed by atoms with van der Waals surface area (Å²) >= 11 is 12.0. The molecular formula is C15H20Cl2N2O. The van der Waals surface area contributed by atoms with Crippen LogP contribution in [0.15, 0.2) is 18.2 Å². The Morgan fingerprint density at radius 2 is 2.15 bits per heavy atom. The van der Waals surface area contributed by atoms with Gasteiger partial charge in [-0.05, 0) is 51.7 Å². The molecule has 0 spiro atoms. The van der Waals surface area contributed by atoms with Crippen LogP contribution in [-0.2, 0) is 0 Å². The summed E-state index contributed by atoms with van der Waals surface area (Å²) < 4.78 is 0. The average molecular weight is 315 g/mol. The number of hydrogen-bond donors (Lipinski definition) is 0. The summed E-state index contributed by atoms with van der Waals surface area (Å²) in [5.41, 5.74) is 0.523. The Kier molecular flexibility index (Phi) is 5.44. The third-order valence-electron chi connectivity index (χ3n) is 3.65. The lowest BCUT2D eigenvalue weighted by Gasteiger charge is -2.26. The number of halogens is 2. The van der Waals surface area contributed by atoms with E-state index in [0.29, 0.717) is 28.2 Å². The zero-order valence-electron chi connectivity index (χ0n) is 11.9. The first kappa shape index (κ1) is 15.8. The molecule has 1 heterocycles. The van der Waals surface area contributed by atoms with Gasteiger partial charge in [0.2, 0.25) is 0 Å². The van der Waals surface area contributed by atoms with Gasteiger partial charge in [0.1, 0.15) is 0 Å². The van der Waals surface area contributed by atoms with E-state index in [0.717, 1.165) is 25.9 Å². The summed E-state index contributed by atoms with van der Waals surface area (Å²) in [6, 6.07) is 5.49. The van der Waals surface area contributed by atoms with Gasteiger partial charge in [-0.25, -0.2) is 0 Å². The zero-order chi connectivity index (χ0) is 14.7. The van der Waals surface area contributed by atoms with Gasteiger partial charge in [0.15, 0.2) is 5.78 Å². The minimum Gasteiger partial charge on any atom is -0.308 e. The lowest BCUT2D eigenvalue weighted by atomic mass is 10.1. The fraction of sp³-hybridized carbons (Fsp3) is 0.533. The number of likely N-dealkylation sites (N-methyl/N-ethyl adjacent to an activating group) is 1. The minimum atomic E-state index is 0.0446. The molecule has 1 aliphatic heterocycles. The molecule has 1 atom stereocenters. The van der Waals surface area contributed by atoms with Crippen LogP contribution in [0.4, 0.5) is 0 Å². The molecule has 0 radical (unpaired) electrons. The van der Waals surface area contributed by atoms with Crippen molar-refractivity contribution in [1.29, 1.82) is 0 Å². The quantitative estimate of drug-likeness (QED) is 0.780. The highest BCUT2D eigenvalue weighted by molar-refractivity contribution is 6.36. The molecule has 1 aliphatic rings. The van der Waals surface area contributed by atoms with Gasteiger partial charge in [-0.3, -0.25) is 9.69 Å². The van der Waals surface area contributed by atoms with Crippen LogP contribution in [0.2, 0.25) is 10.0 Å². The summed E-state index contributed by atoms with van der Waals surface area (Å²) in [6.07, 6.45) is 2.30. The Morgan fingerprint density at radius 3 is 2.85 bits per heavy atom. The van der Waals surface area contributed by atoms with Crippen molar-refractivity contribution in [2.45, 2.75) is 18.9 Å². The molecule has 1 saturated heterocycles. The lowest BCUT2D eigenvalue weighted by Crippen LogP contribution is -2.40. The Labute approximate surface area is 130 Å². The van der Waals surface area contributed by atoms with Crippen molar-refractivity contribution in [3.05, 3.63) is 33.8 Å². The number of likely N-dealkylation sites (tertiary alicyclic amines) is 1. The van der Waals surface area contributed by atoms with Crippen molar-refractivity contribution in [1.82, 2.24) is 9.80 Å². The van der Waals surface area contributed by atoms with Crippen molar-refractivity contribution < 1.29 is 4.79 Å². The first-order chi connectivity index (χ1) is 9.47. The first-order valence-corrected chi connectivity index (χ1v) is 7.60. The summed E-state index contributed by atoms with van der Waals surface area (Å²) in [5.74, 6) is 0.0446. The van der Waals surface area contributed by atoms with Crippen molar-refractivity contribution in [2.75, 3.05) is 33.7 Å². The molecule has 2 rings (SSSR count). The fourth-order valence-corrected chi connectivity index (χ4v) is 3.11. The van der Waals surface area contributed by atoms with Crippen molar-refractivity contribution in [3.63, 3.8) is 0 Å². The summed E-state index contributed by atoms with van der Waals surface area (Å²) in [5, 5.41) is 1.02. The number of carbonyl (C=O) groups excluding carboxylic acids is 1. The molecule has 1 fully saturated rings. The monoisotopic (exact) mass is 314 g/mol. The molecule has 0 aromatic heterocycles. The number of nitrogens with zero attached hydrogens (tertiary/aromatic N) is 2. The molecule has 0 saturated carbocycles. The van der Waals surface area contributed by atoms with E-state index in [1.54, 1.807) is 18.2 Å². The van der Waals surface area contributed by atoms with E-state index in [4.69, 9.17) is 23.2 Å². The average Bonchev–Trinajstić information content (AvgIpc) is 2.78. The number of rotatable bonds is 5. The van der Waals surface area contributed by atoms with Crippen LogP contribution < -0.4 is 0 Å². The number of hydrogen-bond acceptors (Lipinski definition) is 3. The van der Waals surface area contributed by atoms with E-state index in [9.17, 15) is 4.79 Å². The smallest absolute Gasteiger partial charge is 0.178 e. The van der Waals surface area contributed by atoms with E-state index in [-0.39, 0.29) is 5.78 Å². The van der Waals surface area contributed by atoms with Gasteiger partial charge in [0, 0.05) is 23.2 Å². The SMILES string of the molecule is CN(C)CC1CCCN1CC(=O)c1cc(Cl)ccc1Cl. The van der Waals surface area contributed by atoms with Crippen molar-refractivity contribution in [2.24, 2.45) is 0 Å². The third-order valence-corrected chi connectivity index (χ3v) is 4.22. The molecule has 20 heavy (non-hydrogen) atoms. The molecule has 110 valence electrons. The maximum absolute atomic E-state index is 12.4. The Morgan fingerprint density at radius 1 is 1.40 bits per heavy atom. The van der Waals surface area contributed by atoms with Crippen LogP contribution >= 0.6 is 23.2 Å². The van der Waals surface area contributed by atoms with Gasteiger partial charge in [-0.2, -0.15) is 0 Å². The second-order valence-electron chi connectivity index (χ2n) is 5.58. The zero-order valence-corrected chi connectivity index (χ0v) is 13.4. The van der Waals surface area contributed by atoms with E-state index in [1.165, 1.54) is 0 Å². The van der Waals surface area contributed by atoms with Crippen LogP contribution in [0.5, 0.6) is 0 Å². The van der Waals surface area contributed by atoms with Crippen LogP contribution in [0.25, 0.3) is 0 Å². The standard InChI is InChI=1S/C15H20Cl2N2O/c1-18(2)9-12-4-3-7-19(12)10-15(20)13-8-11(16)5-6-14(13)17/h5-6,8,12H,3-4,7,9-10H2,1-2H3. The van der Waals surface area contributed by atoms with Gasteiger partial charge in [-0.1, -0.05) is 23.2 Å². The predicted molar refractivity (Wildman–Crippen MR) is 83.9 cm³/mol. The highest BCUT2D eigenvalue weighted by atomic mass is 35.5. The van der Waals surface area contributed by atoms with E-state index >= 15 is 0 Å². The molecule has 1 unspecified atom stereocenters. The third kappa shape index (κ3) is 3.95. The highest BCUT2D eigenvalue weighted by Gasteiger charge is 2.27.